The van der Waals surface area contributed by atoms with Crippen LogP contribution in [0.15, 0.2) is 41.5 Å². The van der Waals surface area contributed by atoms with Gasteiger partial charge in [0.1, 0.15) is 11.9 Å². The summed E-state index contributed by atoms with van der Waals surface area (Å²) in [6.45, 7) is 7.56. The van der Waals surface area contributed by atoms with Crippen LogP contribution in [0.2, 0.25) is 0 Å². The fourth-order valence-corrected chi connectivity index (χ4v) is 5.99. The second-order valence-corrected chi connectivity index (χ2v) is 10.9. The Hall–Kier alpha value is -3.77. The maximum Gasteiger partial charge on any atom is 0.253 e. The fraction of sp³-hybridized carbons (Fsp3) is 0.516. The third kappa shape index (κ3) is 5.59. The highest BCUT2D eigenvalue weighted by Gasteiger charge is 2.44. The number of allylic oxidation sites excluding steroid dienone is 4. The van der Waals surface area contributed by atoms with E-state index in [0.717, 1.165) is 60.2 Å². The van der Waals surface area contributed by atoms with Gasteiger partial charge in [-0.1, -0.05) is 30.7 Å². The maximum absolute atomic E-state index is 12.9. The van der Waals surface area contributed by atoms with Gasteiger partial charge in [-0.25, -0.2) is 4.98 Å². The van der Waals surface area contributed by atoms with E-state index < -0.39 is 5.41 Å². The van der Waals surface area contributed by atoms with E-state index in [1.165, 1.54) is 0 Å². The molecule has 0 radical (unpaired) electrons. The molecule has 1 saturated heterocycles. The summed E-state index contributed by atoms with van der Waals surface area (Å²) in [5, 5.41) is 20.7. The molecule has 1 aromatic heterocycles. The molecule has 9 nitrogen and oxygen atoms in total. The number of aromatic amines is 1. The number of rotatable bonds is 9. The van der Waals surface area contributed by atoms with Gasteiger partial charge >= 0.3 is 0 Å². The van der Waals surface area contributed by atoms with Gasteiger partial charge in [-0.05, 0) is 81.3 Å². The van der Waals surface area contributed by atoms with Crippen LogP contribution < -0.4 is 5.32 Å². The van der Waals surface area contributed by atoms with Crippen LogP contribution in [0, 0.1) is 11.3 Å². The van der Waals surface area contributed by atoms with Crippen LogP contribution in [-0.4, -0.2) is 76.6 Å². The van der Waals surface area contributed by atoms with Crippen molar-refractivity contribution in [3.8, 4) is 6.07 Å². The van der Waals surface area contributed by atoms with E-state index in [4.69, 9.17) is 10.1 Å². The largest absolute Gasteiger partial charge is 0.345 e. The van der Waals surface area contributed by atoms with Gasteiger partial charge in [0.25, 0.3) is 5.91 Å². The van der Waals surface area contributed by atoms with Crippen molar-refractivity contribution in [2.45, 2.75) is 70.8 Å². The number of nitrogens with zero attached hydrogens (tertiary/aromatic N) is 5. The fourth-order valence-electron chi connectivity index (χ4n) is 5.99. The predicted octanol–water partition coefficient (Wildman–Crippen LogP) is 3.69. The monoisotopic (exact) mass is 543 g/mol. The summed E-state index contributed by atoms with van der Waals surface area (Å²) in [6, 6.07) is 7.92. The van der Waals surface area contributed by atoms with Crippen LogP contribution in [0.3, 0.4) is 0 Å². The first-order chi connectivity index (χ1) is 19.3. The Morgan fingerprint density at radius 3 is 2.83 bits per heavy atom. The number of amides is 2. The van der Waals surface area contributed by atoms with Crippen molar-refractivity contribution >= 4 is 11.8 Å². The van der Waals surface area contributed by atoms with Crippen molar-refractivity contribution in [2.75, 3.05) is 33.7 Å². The number of fused-ring (bicyclic) bond motifs is 1. The van der Waals surface area contributed by atoms with Crippen LogP contribution in [0.5, 0.6) is 0 Å². The van der Waals surface area contributed by atoms with Crippen molar-refractivity contribution in [3.63, 3.8) is 0 Å². The lowest BCUT2D eigenvalue weighted by molar-refractivity contribution is -0.130. The van der Waals surface area contributed by atoms with E-state index >= 15 is 0 Å². The molecule has 9 heteroatoms. The molecule has 0 spiro atoms. The van der Waals surface area contributed by atoms with E-state index in [0.29, 0.717) is 30.9 Å². The Morgan fingerprint density at radius 1 is 1.35 bits per heavy atom. The number of benzene rings is 1. The average Bonchev–Trinajstić information content (AvgIpc) is 3.62. The highest BCUT2D eigenvalue weighted by molar-refractivity contribution is 5.94. The average molecular weight is 544 g/mol. The molecule has 212 valence electrons. The highest BCUT2D eigenvalue weighted by atomic mass is 16.2. The smallest absolute Gasteiger partial charge is 0.253 e. The number of nitriles is 1. The lowest BCUT2D eigenvalue weighted by Crippen LogP contribution is -2.42. The molecule has 2 heterocycles. The molecule has 0 saturated carbocycles. The molecule has 4 rings (SSSR count). The number of aryl methyl sites for hydroxylation is 2. The van der Waals surface area contributed by atoms with Crippen LogP contribution in [-0.2, 0) is 23.1 Å². The van der Waals surface area contributed by atoms with E-state index in [1.807, 2.05) is 26.0 Å². The summed E-state index contributed by atoms with van der Waals surface area (Å²) >= 11 is 0. The van der Waals surface area contributed by atoms with Crippen molar-refractivity contribution < 1.29 is 9.59 Å². The van der Waals surface area contributed by atoms with Crippen LogP contribution >= 0.6 is 0 Å². The second kappa shape index (κ2) is 12.6. The zero-order chi connectivity index (χ0) is 28.9. The van der Waals surface area contributed by atoms with Crippen molar-refractivity contribution in [3.05, 3.63) is 69.8 Å². The van der Waals surface area contributed by atoms with Gasteiger partial charge in [-0.15, -0.1) is 0 Å². The molecule has 1 aliphatic heterocycles. The van der Waals surface area contributed by atoms with Crippen molar-refractivity contribution in [2.24, 2.45) is 0 Å². The molecule has 0 bridgehead atoms. The maximum atomic E-state index is 12.9. The minimum atomic E-state index is -0.676. The van der Waals surface area contributed by atoms with E-state index in [2.05, 4.69) is 41.6 Å². The van der Waals surface area contributed by atoms with E-state index in [1.54, 1.807) is 23.9 Å². The molecular formula is C31H41N7O2. The summed E-state index contributed by atoms with van der Waals surface area (Å²) in [5.41, 5.74) is 4.48. The molecular weight excluding hydrogens is 502 g/mol. The number of hydrogen-bond donors (Lipinski definition) is 2. The lowest BCUT2D eigenvalue weighted by atomic mass is 9.67. The summed E-state index contributed by atoms with van der Waals surface area (Å²) in [7, 11) is 3.53. The molecule has 2 N–H and O–H groups in total. The van der Waals surface area contributed by atoms with Gasteiger partial charge in [0.05, 0.1) is 18.0 Å². The normalized spacial score (nSPS) is 20.9. The van der Waals surface area contributed by atoms with Gasteiger partial charge in [0, 0.05) is 32.6 Å². The molecule has 1 fully saturated rings. The first kappa shape index (κ1) is 29.2. The number of carbonyl (C=O) groups is 2. The van der Waals surface area contributed by atoms with Gasteiger partial charge in [0.2, 0.25) is 5.91 Å². The predicted molar refractivity (Wildman–Crippen MR) is 155 cm³/mol. The Balaban J connectivity index is 1.75. The number of carbonyl (C=O) groups excluding carboxylic acids is 2. The Kier molecular flexibility index (Phi) is 9.21. The Morgan fingerprint density at radius 2 is 2.15 bits per heavy atom. The van der Waals surface area contributed by atoms with Gasteiger partial charge < -0.3 is 15.1 Å². The zero-order valence-corrected chi connectivity index (χ0v) is 24.4. The van der Waals surface area contributed by atoms with Gasteiger partial charge in [0.15, 0.2) is 5.82 Å². The van der Waals surface area contributed by atoms with Crippen LogP contribution in [0.25, 0.3) is 0 Å². The minimum absolute atomic E-state index is 0.0283. The Bertz CT molecular complexity index is 1350. The highest BCUT2D eigenvalue weighted by Crippen LogP contribution is 2.47. The SMILES string of the molecule is C/C=C(/C)C1=CCCc2cc(C(=O)N(C)C)ccc2C1(CCNCC(=O)N1CCCC1C#N)c1n[nH]c(CC)n1. The third-order valence-electron chi connectivity index (χ3n) is 8.22. The summed E-state index contributed by atoms with van der Waals surface area (Å²) in [6.07, 6.45) is 8.99. The number of nitrogens with one attached hydrogen (secondary N) is 2. The van der Waals surface area contributed by atoms with Gasteiger partial charge in [-0.3, -0.25) is 14.7 Å². The first-order valence-corrected chi connectivity index (χ1v) is 14.3. The van der Waals surface area contributed by atoms with Gasteiger partial charge in [-0.2, -0.15) is 10.4 Å². The van der Waals surface area contributed by atoms with Crippen LogP contribution in [0.4, 0.5) is 0 Å². The molecule has 2 amide bonds. The molecule has 40 heavy (non-hydrogen) atoms. The molecule has 2 aromatic rings. The summed E-state index contributed by atoms with van der Waals surface area (Å²) in [5.74, 6) is 1.44. The molecule has 2 aliphatic rings. The quantitative estimate of drug-likeness (QED) is 0.466. The molecule has 2 atom stereocenters. The van der Waals surface area contributed by atoms with Crippen LogP contribution in [0.1, 0.15) is 79.6 Å². The second-order valence-electron chi connectivity index (χ2n) is 10.9. The number of likely N-dealkylation sites (tertiary alicyclic amines) is 1. The third-order valence-corrected chi connectivity index (χ3v) is 8.22. The first-order valence-electron chi connectivity index (χ1n) is 14.3. The van der Waals surface area contributed by atoms with E-state index in [9.17, 15) is 14.9 Å². The molecule has 1 aromatic carbocycles. The summed E-state index contributed by atoms with van der Waals surface area (Å²) in [4.78, 5) is 34.0. The lowest BCUT2D eigenvalue weighted by Gasteiger charge is -2.36. The number of hydrogen-bond acceptors (Lipinski definition) is 6. The topological polar surface area (TPSA) is 118 Å². The number of aromatic nitrogens is 3. The molecule has 2 unspecified atom stereocenters. The summed E-state index contributed by atoms with van der Waals surface area (Å²) < 4.78 is 0. The van der Waals surface area contributed by atoms with Crippen molar-refractivity contribution in [1.82, 2.24) is 30.3 Å². The zero-order valence-electron chi connectivity index (χ0n) is 24.4. The Labute approximate surface area is 237 Å². The number of H-pyrrole nitrogens is 1. The minimum Gasteiger partial charge on any atom is -0.345 e. The van der Waals surface area contributed by atoms with E-state index in [-0.39, 0.29) is 24.4 Å². The molecule has 1 aliphatic carbocycles. The van der Waals surface area contributed by atoms with Crippen molar-refractivity contribution in [1.29, 1.82) is 5.26 Å². The standard InChI is InChI=1S/C31H41N7O2/c1-6-21(3)25-12-8-10-22-18-23(29(40)37(4)5)13-14-26(22)31(25,30-34-27(7-2)35-36-30)15-16-33-20-28(39)38-17-9-11-24(38)19-32/h6,12-14,18,24,33H,7-11,15-17,20H2,1-5H3,(H,34,35,36)/b21-6-.